The van der Waals surface area contributed by atoms with E-state index in [-0.39, 0.29) is 0 Å². The maximum Gasteiger partial charge on any atom is 0.161 e. The summed E-state index contributed by atoms with van der Waals surface area (Å²) in [6.07, 6.45) is 0. The minimum Gasteiger partial charge on any atom is -0.493 e. The molecule has 0 N–H and O–H groups in total. The molecule has 5 nitrogen and oxygen atoms in total. The van der Waals surface area contributed by atoms with Gasteiger partial charge in [-0.25, -0.2) is 4.98 Å². The van der Waals surface area contributed by atoms with Crippen LogP contribution in [0.5, 0.6) is 17.2 Å². The minimum atomic E-state index is 0.309. The highest BCUT2D eigenvalue weighted by Crippen LogP contribution is 2.34. The Labute approximate surface area is 156 Å². The van der Waals surface area contributed by atoms with E-state index in [2.05, 4.69) is 11.1 Å². The van der Waals surface area contributed by atoms with Crippen molar-refractivity contribution in [2.75, 3.05) is 13.7 Å². The lowest BCUT2D eigenvalue weighted by Gasteiger charge is -2.10. The van der Waals surface area contributed by atoms with Gasteiger partial charge < -0.3 is 14.2 Å². The first-order valence-corrected chi connectivity index (χ1v) is 9.00. The number of para-hydroxylation sites is 1. The number of nitrogens with zero attached hydrogens (tertiary/aromatic N) is 2. The number of benzene rings is 2. The summed E-state index contributed by atoms with van der Waals surface area (Å²) in [4.78, 5) is 4.62. The predicted molar refractivity (Wildman–Crippen MR) is 101 cm³/mol. The number of thiazole rings is 1. The smallest absolute Gasteiger partial charge is 0.161 e. The van der Waals surface area contributed by atoms with Crippen molar-refractivity contribution in [2.24, 2.45) is 0 Å². The highest BCUT2D eigenvalue weighted by Gasteiger charge is 2.11. The van der Waals surface area contributed by atoms with Crippen LogP contribution < -0.4 is 14.2 Å². The average molecular weight is 366 g/mol. The zero-order chi connectivity index (χ0) is 18.4. The number of aromatic nitrogens is 1. The van der Waals surface area contributed by atoms with E-state index >= 15 is 0 Å². The van der Waals surface area contributed by atoms with E-state index in [1.165, 1.54) is 11.3 Å². The number of hydrogen-bond acceptors (Lipinski definition) is 6. The molecule has 0 fully saturated rings. The van der Waals surface area contributed by atoms with Crippen LogP contribution in [0.4, 0.5) is 0 Å². The van der Waals surface area contributed by atoms with Gasteiger partial charge in [-0.05, 0) is 37.3 Å². The second-order valence-electron chi connectivity index (χ2n) is 5.34. The number of methoxy groups -OCH3 is 1. The molecular weight excluding hydrogens is 348 g/mol. The van der Waals surface area contributed by atoms with Crippen LogP contribution in [0.15, 0.2) is 47.8 Å². The lowest BCUT2D eigenvalue weighted by molar-refractivity contribution is 0.301. The summed E-state index contributed by atoms with van der Waals surface area (Å²) in [5.41, 5.74) is 2.28. The minimum absolute atomic E-state index is 0.309. The molecule has 1 heterocycles. The third-order valence-electron chi connectivity index (χ3n) is 3.65. The lowest BCUT2D eigenvalue weighted by Crippen LogP contribution is -1.97. The van der Waals surface area contributed by atoms with Crippen molar-refractivity contribution in [1.82, 2.24) is 4.98 Å². The van der Waals surface area contributed by atoms with Gasteiger partial charge >= 0.3 is 0 Å². The first-order valence-electron chi connectivity index (χ1n) is 8.12. The first-order chi connectivity index (χ1) is 12.7. The topological polar surface area (TPSA) is 64.4 Å². The molecule has 0 saturated carbocycles. The van der Waals surface area contributed by atoms with E-state index < -0.39 is 0 Å². The van der Waals surface area contributed by atoms with Crippen LogP contribution in [0.1, 0.15) is 18.2 Å². The second kappa shape index (κ2) is 8.37. The second-order valence-corrected chi connectivity index (χ2v) is 6.20. The SMILES string of the molecule is CCOc1ccc(-c2nc(COc3ccccc3C#N)cs2)cc1OC. The molecule has 1 aromatic heterocycles. The van der Waals surface area contributed by atoms with Crippen LogP contribution in [-0.2, 0) is 6.61 Å². The Hall–Kier alpha value is -3.04. The van der Waals surface area contributed by atoms with E-state index in [0.717, 1.165) is 16.3 Å². The molecule has 2 aromatic carbocycles. The van der Waals surface area contributed by atoms with Crippen LogP contribution in [0.2, 0.25) is 0 Å². The molecule has 0 unspecified atom stereocenters. The largest absolute Gasteiger partial charge is 0.493 e. The van der Waals surface area contributed by atoms with E-state index in [9.17, 15) is 0 Å². The highest BCUT2D eigenvalue weighted by atomic mass is 32.1. The fourth-order valence-electron chi connectivity index (χ4n) is 2.42. The Balaban J connectivity index is 1.75. The molecule has 26 heavy (non-hydrogen) atoms. The standard InChI is InChI=1S/C20H18N2O3S/c1-3-24-18-9-8-14(10-19(18)23-2)20-22-16(13-26-20)12-25-17-7-5-4-6-15(17)11-21/h4-10,13H,3,12H2,1-2H3. The Kier molecular flexibility index (Phi) is 5.72. The lowest BCUT2D eigenvalue weighted by atomic mass is 10.2. The zero-order valence-electron chi connectivity index (χ0n) is 14.6. The molecular formula is C20H18N2O3S. The highest BCUT2D eigenvalue weighted by molar-refractivity contribution is 7.13. The zero-order valence-corrected chi connectivity index (χ0v) is 15.4. The third kappa shape index (κ3) is 3.95. The maximum absolute atomic E-state index is 9.11. The fourth-order valence-corrected chi connectivity index (χ4v) is 3.22. The summed E-state index contributed by atoms with van der Waals surface area (Å²) in [7, 11) is 1.62. The Morgan fingerprint density at radius 2 is 1.92 bits per heavy atom. The van der Waals surface area contributed by atoms with E-state index in [4.69, 9.17) is 19.5 Å². The van der Waals surface area contributed by atoms with E-state index in [1.54, 1.807) is 19.2 Å². The summed E-state index contributed by atoms with van der Waals surface area (Å²) < 4.78 is 16.7. The normalized spacial score (nSPS) is 10.2. The molecule has 0 bridgehead atoms. The Morgan fingerprint density at radius 3 is 2.69 bits per heavy atom. The number of rotatable bonds is 7. The molecule has 0 amide bonds. The molecule has 6 heteroatoms. The van der Waals surface area contributed by atoms with Gasteiger partial charge in [0.15, 0.2) is 11.5 Å². The monoisotopic (exact) mass is 366 g/mol. The molecule has 0 radical (unpaired) electrons. The van der Waals surface area contributed by atoms with Crippen LogP contribution >= 0.6 is 11.3 Å². The van der Waals surface area contributed by atoms with Crippen LogP contribution in [0.3, 0.4) is 0 Å². The fraction of sp³-hybridized carbons (Fsp3) is 0.200. The number of nitriles is 1. The van der Waals surface area contributed by atoms with E-state index in [0.29, 0.717) is 36.0 Å². The summed E-state index contributed by atoms with van der Waals surface area (Å²) in [5.74, 6) is 1.96. The number of hydrogen-bond donors (Lipinski definition) is 0. The van der Waals surface area contributed by atoms with Crippen molar-refractivity contribution < 1.29 is 14.2 Å². The third-order valence-corrected chi connectivity index (χ3v) is 4.59. The molecule has 132 valence electrons. The van der Waals surface area contributed by atoms with E-state index in [1.807, 2.05) is 42.6 Å². The molecule has 0 spiro atoms. The number of ether oxygens (including phenoxy) is 3. The summed E-state index contributed by atoms with van der Waals surface area (Å²) in [5, 5.41) is 11.9. The van der Waals surface area contributed by atoms with Gasteiger partial charge in [0.05, 0.1) is 25.0 Å². The molecule has 0 aliphatic rings. The van der Waals surface area contributed by atoms with Gasteiger partial charge in [0.2, 0.25) is 0 Å². The quantitative estimate of drug-likeness (QED) is 0.608. The molecule has 0 saturated heterocycles. The van der Waals surface area contributed by atoms with Gasteiger partial charge in [-0.2, -0.15) is 5.26 Å². The van der Waals surface area contributed by atoms with Crippen molar-refractivity contribution in [3.63, 3.8) is 0 Å². The molecule has 3 aromatic rings. The van der Waals surface area contributed by atoms with Crippen LogP contribution in [-0.4, -0.2) is 18.7 Å². The first kappa shape index (κ1) is 17.8. The molecule has 0 aliphatic heterocycles. The Bertz CT molecular complexity index is 931. The molecule has 0 atom stereocenters. The van der Waals surface area contributed by atoms with Crippen molar-refractivity contribution in [3.8, 4) is 33.9 Å². The van der Waals surface area contributed by atoms with Gasteiger partial charge in [0, 0.05) is 10.9 Å². The van der Waals surface area contributed by atoms with Gasteiger partial charge in [0.1, 0.15) is 23.4 Å². The summed E-state index contributed by atoms with van der Waals surface area (Å²) in [6, 6.07) is 15.1. The van der Waals surface area contributed by atoms with Crippen LogP contribution in [0.25, 0.3) is 10.6 Å². The van der Waals surface area contributed by atoms with Crippen molar-refractivity contribution in [3.05, 3.63) is 59.1 Å². The Morgan fingerprint density at radius 1 is 1.08 bits per heavy atom. The van der Waals surface area contributed by atoms with Crippen LogP contribution in [0, 0.1) is 11.3 Å². The summed E-state index contributed by atoms with van der Waals surface area (Å²) >= 11 is 1.53. The van der Waals surface area contributed by atoms with Crippen molar-refractivity contribution in [2.45, 2.75) is 13.5 Å². The average Bonchev–Trinajstić information content (AvgIpc) is 3.16. The molecule has 0 aliphatic carbocycles. The van der Waals surface area contributed by atoms with Gasteiger partial charge in [-0.15, -0.1) is 11.3 Å². The predicted octanol–water partition coefficient (Wildman–Crippen LogP) is 4.67. The maximum atomic E-state index is 9.11. The summed E-state index contributed by atoms with van der Waals surface area (Å²) in [6.45, 7) is 2.83. The van der Waals surface area contributed by atoms with Crippen molar-refractivity contribution >= 4 is 11.3 Å². The van der Waals surface area contributed by atoms with Gasteiger partial charge in [-0.3, -0.25) is 0 Å². The molecule has 3 rings (SSSR count). The van der Waals surface area contributed by atoms with Crippen molar-refractivity contribution in [1.29, 1.82) is 5.26 Å². The van der Waals surface area contributed by atoms with Gasteiger partial charge in [0.25, 0.3) is 0 Å². The van der Waals surface area contributed by atoms with Gasteiger partial charge in [-0.1, -0.05) is 12.1 Å².